The summed E-state index contributed by atoms with van der Waals surface area (Å²) < 4.78 is 5.04. The molecule has 0 fully saturated rings. The Balaban J connectivity index is 4.74. The van der Waals surface area contributed by atoms with Crippen molar-refractivity contribution in [3.63, 3.8) is 0 Å². The molecule has 0 heterocycles. The number of rotatable bonds is 14. The van der Waals surface area contributed by atoms with Crippen LogP contribution in [0.5, 0.6) is 0 Å². The van der Waals surface area contributed by atoms with Gasteiger partial charge in [0.2, 0.25) is 12.7 Å². The molecule has 0 radical (unpaired) electrons. The predicted octanol–water partition coefficient (Wildman–Crippen LogP) is 1.64. The Labute approximate surface area is 157 Å². The molecule has 11 heteroatoms. The van der Waals surface area contributed by atoms with E-state index < -0.39 is 35.3 Å². The highest BCUT2D eigenvalue weighted by Gasteiger charge is 2.33. The molecule has 0 aromatic rings. The van der Waals surface area contributed by atoms with Crippen LogP contribution in [0.4, 0.5) is 0 Å². The van der Waals surface area contributed by atoms with E-state index in [0.717, 1.165) is 5.06 Å². The second kappa shape index (κ2) is 11.3. The van der Waals surface area contributed by atoms with Crippen LogP contribution < -0.4 is 0 Å². The average Bonchev–Trinajstić information content (AvgIpc) is 2.50. The Morgan fingerprint density at radius 2 is 1.89 bits per heavy atom. The van der Waals surface area contributed by atoms with Gasteiger partial charge in [-0.25, -0.2) is 9.90 Å². The topological polar surface area (TPSA) is 146 Å². The first-order valence-corrected chi connectivity index (χ1v) is 8.46. The van der Waals surface area contributed by atoms with E-state index in [4.69, 9.17) is 14.7 Å². The van der Waals surface area contributed by atoms with E-state index in [-0.39, 0.29) is 24.8 Å². The van der Waals surface area contributed by atoms with E-state index in [1.165, 1.54) is 20.8 Å². The molecule has 27 heavy (non-hydrogen) atoms. The number of carbonyl (C=O) groups is 3. The summed E-state index contributed by atoms with van der Waals surface area (Å²) in [4.78, 5) is 54.0. The third-order valence-electron chi connectivity index (χ3n) is 3.46. The minimum absolute atomic E-state index is 0.0176. The number of hydrogen-bond donors (Lipinski definition) is 1. The van der Waals surface area contributed by atoms with Gasteiger partial charge in [0.25, 0.3) is 5.09 Å². The quantitative estimate of drug-likeness (QED) is 0.153. The number of ether oxygens (including phenoxy) is 1. The first-order chi connectivity index (χ1) is 12.4. The summed E-state index contributed by atoms with van der Waals surface area (Å²) >= 11 is 0. The molecule has 0 aromatic heterocycles. The molecule has 0 aromatic carbocycles. The molecule has 0 saturated carbocycles. The molecule has 0 spiro atoms. The van der Waals surface area contributed by atoms with Gasteiger partial charge in [-0.3, -0.25) is 14.4 Å². The molecule has 0 aliphatic heterocycles. The Bertz CT molecular complexity index is 522. The van der Waals surface area contributed by atoms with Gasteiger partial charge in [-0.15, -0.1) is 10.1 Å². The minimum atomic E-state index is -1.31. The van der Waals surface area contributed by atoms with Crippen LogP contribution in [0.2, 0.25) is 0 Å². The molecule has 0 aliphatic rings. The fourth-order valence-electron chi connectivity index (χ4n) is 2.30. The van der Waals surface area contributed by atoms with Crippen molar-refractivity contribution >= 4 is 18.3 Å². The van der Waals surface area contributed by atoms with E-state index in [9.17, 15) is 24.5 Å². The van der Waals surface area contributed by atoms with Crippen molar-refractivity contribution in [2.75, 3.05) is 13.2 Å². The highest BCUT2D eigenvalue weighted by molar-refractivity contribution is 5.76. The second-order valence-electron chi connectivity index (χ2n) is 7.26. The third-order valence-corrected chi connectivity index (χ3v) is 3.46. The van der Waals surface area contributed by atoms with Crippen LogP contribution >= 0.6 is 0 Å². The van der Waals surface area contributed by atoms with Gasteiger partial charge in [0.1, 0.15) is 6.61 Å². The fraction of sp³-hybridized carbons (Fsp3) is 0.812. The summed E-state index contributed by atoms with van der Waals surface area (Å²) in [5, 5.41) is 19.1. The SMILES string of the molecule is CC(C)C[C@@H](CC(=O)O)CN(C=O)OC(C)OC(=O)C(C)(C)CO[N+](=O)[O-]. The highest BCUT2D eigenvalue weighted by Crippen LogP contribution is 2.20. The lowest BCUT2D eigenvalue weighted by atomic mass is 9.94. The largest absolute Gasteiger partial charge is 0.481 e. The van der Waals surface area contributed by atoms with Crippen molar-refractivity contribution in [2.45, 2.75) is 53.8 Å². The number of hydroxylamine groups is 2. The lowest BCUT2D eigenvalue weighted by Gasteiger charge is -2.28. The molecule has 11 nitrogen and oxygen atoms in total. The maximum absolute atomic E-state index is 12.1. The van der Waals surface area contributed by atoms with Gasteiger partial charge in [0, 0.05) is 13.3 Å². The molecule has 1 amide bonds. The smallest absolute Gasteiger partial charge is 0.315 e. The molecular weight excluding hydrogens is 364 g/mol. The number of hydrogen-bond acceptors (Lipinski definition) is 8. The third kappa shape index (κ3) is 11.0. The maximum atomic E-state index is 12.1. The number of carboxylic acids is 1. The first-order valence-electron chi connectivity index (χ1n) is 8.46. The van der Waals surface area contributed by atoms with Gasteiger partial charge in [-0.1, -0.05) is 13.8 Å². The van der Waals surface area contributed by atoms with Crippen molar-refractivity contribution < 1.29 is 39.0 Å². The highest BCUT2D eigenvalue weighted by atomic mass is 17.0. The minimum Gasteiger partial charge on any atom is -0.481 e. The summed E-state index contributed by atoms with van der Waals surface area (Å²) in [6, 6.07) is 0. The Morgan fingerprint density at radius 1 is 1.30 bits per heavy atom. The van der Waals surface area contributed by atoms with Gasteiger partial charge in [-0.2, -0.15) is 0 Å². The summed E-state index contributed by atoms with van der Waals surface area (Å²) in [5.74, 6) is -1.91. The van der Waals surface area contributed by atoms with Crippen LogP contribution in [0.3, 0.4) is 0 Å². The van der Waals surface area contributed by atoms with Gasteiger partial charge in [0.15, 0.2) is 0 Å². The predicted molar refractivity (Wildman–Crippen MR) is 91.3 cm³/mol. The van der Waals surface area contributed by atoms with Gasteiger partial charge < -0.3 is 14.7 Å². The van der Waals surface area contributed by atoms with E-state index in [2.05, 4.69) is 4.84 Å². The van der Waals surface area contributed by atoms with Crippen LogP contribution in [0.15, 0.2) is 0 Å². The van der Waals surface area contributed by atoms with Gasteiger partial charge >= 0.3 is 11.9 Å². The van der Waals surface area contributed by atoms with Crippen LogP contribution in [0, 0.1) is 27.4 Å². The number of nitrogens with zero attached hydrogens (tertiary/aromatic N) is 2. The zero-order chi connectivity index (χ0) is 21.2. The molecule has 1 unspecified atom stereocenters. The number of carbonyl (C=O) groups excluding carboxylic acids is 2. The Kier molecular flexibility index (Phi) is 10.3. The monoisotopic (exact) mass is 392 g/mol. The molecule has 0 rings (SSSR count). The zero-order valence-corrected chi connectivity index (χ0v) is 16.2. The number of aliphatic carboxylic acids is 1. The van der Waals surface area contributed by atoms with E-state index >= 15 is 0 Å². The molecule has 0 saturated heterocycles. The summed E-state index contributed by atoms with van der Waals surface area (Å²) in [5.41, 5.74) is -1.31. The normalized spacial score (nSPS) is 13.6. The maximum Gasteiger partial charge on any atom is 0.315 e. The van der Waals surface area contributed by atoms with Crippen molar-refractivity contribution in [2.24, 2.45) is 17.3 Å². The van der Waals surface area contributed by atoms with E-state index in [1.807, 2.05) is 13.8 Å². The van der Waals surface area contributed by atoms with Crippen LogP contribution in [-0.2, 0) is 28.8 Å². The van der Waals surface area contributed by atoms with E-state index in [0.29, 0.717) is 12.8 Å². The lowest BCUT2D eigenvalue weighted by Crippen LogP contribution is -2.38. The van der Waals surface area contributed by atoms with Crippen LogP contribution in [0.1, 0.15) is 47.5 Å². The van der Waals surface area contributed by atoms with Gasteiger partial charge in [-0.05, 0) is 32.1 Å². The number of carboxylic acid groups (broad SMARTS) is 1. The standard InChI is InChI=1S/C16H28N2O9/c1-11(2)6-13(7-14(20)21)8-17(10-19)27-12(3)26-15(22)16(4,5)9-25-18(23)24/h10-13H,6-9H2,1-5H3,(H,20,21)/t12?,13-/m0/s1. The average molecular weight is 392 g/mol. The molecule has 0 bridgehead atoms. The van der Waals surface area contributed by atoms with Crippen molar-refractivity contribution in [1.82, 2.24) is 5.06 Å². The number of amides is 1. The molecule has 156 valence electrons. The zero-order valence-electron chi connectivity index (χ0n) is 16.2. The first kappa shape index (κ1) is 24.6. The lowest BCUT2D eigenvalue weighted by molar-refractivity contribution is -0.760. The molecule has 0 aliphatic carbocycles. The van der Waals surface area contributed by atoms with Crippen molar-refractivity contribution in [1.29, 1.82) is 0 Å². The van der Waals surface area contributed by atoms with Gasteiger partial charge in [0.05, 0.1) is 12.0 Å². The molecule has 2 atom stereocenters. The summed E-state index contributed by atoms with van der Waals surface area (Å²) in [6.07, 6.45) is -0.354. The van der Waals surface area contributed by atoms with Crippen LogP contribution in [0.25, 0.3) is 0 Å². The molecular formula is C16H28N2O9. The van der Waals surface area contributed by atoms with Crippen LogP contribution in [-0.4, -0.2) is 53.0 Å². The number of esters is 1. The Hall–Kier alpha value is -2.43. The van der Waals surface area contributed by atoms with E-state index in [1.54, 1.807) is 0 Å². The molecule has 1 N–H and O–H groups in total. The van der Waals surface area contributed by atoms with Crippen molar-refractivity contribution in [3.05, 3.63) is 10.1 Å². The second-order valence-corrected chi connectivity index (χ2v) is 7.26. The van der Waals surface area contributed by atoms with Crippen molar-refractivity contribution in [3.8, 4) is 0 Å². The Morgan fingerprint density at radius 3 is 2.33 bits per heavy atom. The fourth-order valence-corrected chi connectivity index (χ4v) is 2.30. The summed E-state index contributed by atoms with van der Waals surface area (Å²) in [7, 11) is 0. The summed E-state index contributed by atoms with van der Waals surface area (Å²) in [6.45, 7) is 7.54.